The van der Waals surface area contributed by atoms with Crippen molar-refractivity contribution in [3.63, 3.8) is 0 Å². The van der Waals surface area contributed by atoms with E-state index in [1.165, 1.54) is 0 Å². The van der Waals surface area contributed by atoms with Crippen LogP contribution in [0.2, 0.25) is 0 Å². The minimum Gasteiger partial charge on any atom is -0.395 e. The maximum absolute atomic E-state index is 11.6. The number of H-pyrrole nitrogens is 2. The molecule has 0 spiro atoms. The van der Waals surface area contributed by atoms with Crippen LogP contribution in [-0.2, 0) is 0 Å². The summed E-state index contributed by atoms with van der Waals surface area (Å²) in [4.78, 5) is 23.2. The zero-order valence-corrected chi connectivity index (χ0v) is 10.4. The van der Waals surface area contributed by atoms with Gasteiger partial charge in [-0.05, 0) is 24.6 Å². The minimum absolute atomic E-state index is 0.0289. The van der Waals surface area contributed by atoms with Crippen molar-refractivity contribution in [2.24, 2.45) is 0 Å². The summed E-state index contributed by atoms with van der Waals surface area (Å²) < 4.78 is 0.988. The highest BCUT2D eigenvalue weighted by atomic mass is 16.2. The van der Waals surface area contributed by atoms with Crippen molar-refractivity contribution < 1.29 is 5.11 Å². The Morgan fingerprint density at radius 3 is 2.58 bits per heavy atom. The lowest BCUT2D eigenvalue weighted by atomic mass is 10.1. The van der Waals surface area contributed by atoms with Crippen LogP contribution in [0.4, 0.5) is 0 Å². The molecule has 98 valence electrons. The van der Waals surface area contributed by atoms with Crippen molar-refractivity contribution in [1.82, 2.24) is 14.8 Å². The number of nitrogens with one attached hydrogen (secondary N) is 2. The predicted octanol–water partition coefficient (Wildman–Crippen LogP) is -0.104. The number of aryl methyl sites for hydroxylation is 1. The highest BCUT2D eigenvalue weighted by molar-refractivity contribution is 5.52. The van der Waals surface area contributed by atoms with Gasteiger partial charge in [0, 0.05) is 12.0 Å². The SMILES string of the molecule is Cc1ccc(-n2c(=O)[nH][nH]c2=O)c(C#CCCO)c1. The third kappa shape index (κ3) is 2.67. The molecular weight excluding hydrogens is 246 g/mol. The van der Waals surface area contributed by atoms with Gasteiger partial charge in [0.15, 0.2) is 0 Å². The van der Waals surface area contributed by atoms with Crippen LogP contribution < -0.4 is 11.4 Å². The van der Waals surface area contributed by atoms with E-state index in [-0.39, 0.29) is 6.61 Å². The van der Waals surface area contributed by atoms with Crippen LogP contribution in [0, 0.1) is 18.8 Å². The van der Waals surface area contributed by atoms with Crippen molar-refractivity contribution in [2.75, 3.05) is 6.61 Å². The highest BCUT2D eigenvalue weighted by Gasteiger charge is 2.09. The van der Waals surface area contributed by atoms with E-state index in [0.29, 0.717) is 17.7 Å². The van der Waals surface area contributed by atoms with Gasteiger partial charge in [0.2, 0.25) is 0 Å². The number of benzene rings is 1. The molecule has 1 aromatic heterocycles. The molecule has 0 aliphatic carbocycles. The minimum atomic E-state index is -0.543. The third-order valence-corrected chi connectivity index (χ3v) is 2.54. The molecule has 0 fully saturated rings. The zero-order chi connectivity index (χ0) is 13.8. The van der Waals surface area contributed by atoms with E-state index in [4.69, 9.17) is 5.11 Å². The van der Waals surface area contributed by atoms with E-state index in [1.807, 2.05) is 6.92 Å². The second-order valence-corrected chi connectivity index (χ2v) is 3.99. The second-order valence-electron chi connectivity index (χ2n) is 3.99. The summed E-state index contributed by atoms with van der Waals surface area (Å²) >= 11 is 0. The average Bonchev–Trinajstić information content (AvgIpc) is 2.70. The maximum atomic E-state index is 11.6. The molecular formula is C13H13N3O3. The largest absolute Gasteiger partial charge is 0.395 e. The first kappa shape index (κ1) is 12.9. The lowest BCUT2D eigenvalue weighted by Crippen LogP contribution is -2.25. The van der Waals surface area contributed by atoms with Gasteiger partial charge in [-0.2, -0.15) is 0 Å². The number of rotatable bonds is 2. The van der Waals surface area contributed by atoms with Crippen LogP contribution in [0.1, 0.15) is 17.5 Å². The number of aliphatic hydroxyl groups excluding tert-OH is 1. The number of aromatic nitrogens is 3. The number of hydrogen-bond acceptors (Lipinski definition) is 3. The molecule has 0 aliphatic heterocycles. The summed E-state index contributed by atoms with van der Waals surface area (Å²) in [5, 5.41) is 13.2. The van der Waals surface area contributed by atoms with Crippen molar-refractivity contribution >= 4 is 0 Å². The van der Waals surface area contributed by atoms with Crippen LogP contribution in [0.25, 0.3) is 5.69 Å². The Labute approximate surface area is 108 Å². The molecule has 1 aromatic carbocycles. The molecule has 0 atom stereocenters. The molecule has 19 heavy (non-hydrogen) atoms. The fraction of sp³-hybridized carbons (Fsp3) is 0.231. The molecule has 0 saturated heterocycles. The Balaban J connectivity index is 2.62. The molecule has 2 aromatic rings. The molecule has 0 saturated carbocycles. The molecule has 2 rings (SSSR count). The first-order valence-electron chi connectivity index (χ1n) is 5.74. The van der Waals surface area contributed by atoms with E-state index in [9.17, 15) is 9.59 Å². The van der Waals surface area contributed by atoms with E-state index >= 15 is 0 Å². The lowest BCUT2D eigenvalue weighted by molar-refractivity contribution is 0.305. The van der Waals surface area contributed by atoms with Gasteiger partial charge in [-0.15, -0.1) is 0 Å². The summed E-state index contributed by atoms with van der Waals surface area (Å²) in [6.07, 6.45) is 0.339. The highest BCUT2D eigenvalue weighted by Crippen LogP contribution is 2.12. The molecule has 0 aliphatic rings. The van der Waals surface area contributed by atoms with E-state index < -0.39 is 11.4 Å². The van der Waals surface area contributed by atoms with E-state index in [1.54, 1.807) is 18.2 Å². The van der Waals surface area contributed by atoms with Crippen molar-refractivity contribution in [3.05, 3.63) is 50.3 Å². The number of hydrogen-bond donors (Lipinski definition) is 3. The van der Waals surface area contributed by atoms with Crippen LogP contribution in [0.3, 0.4) is 0 Å². The monoisotopic (exact) mass is 259 g/mol. The van der Waals surface area contributed by atoms with E-state index in [2.05, 4.69) is 22.0 Å². The average molecular weight is 259 g/mol. The van der Waals surface area contributed by atoms with Gasteiger partial charge in [0.25, 0.3) is 0 Å². The standard InChI is InChI=1S/C13H13N3O3/c1-9-5-6-11(10(8-9)4-2-3-7-17)16-12(18)14-15-13(16)19/h5-6,8,17H,3,7H2,1H3,(H,14,18)(H,15,19). The Bertz CT molecular complexity index is 728. The molecule has 6 nitrogen and oxygen atoms in total. The van der Waals surface area contributed by atoms with Gasteiger partial charge in [0.1, 0.15) is 0 Å². The normalized spacial score (nSPS) is 10.0. The number of aliphatic hydroxyl groups is 1. The molecule has 0 amide bonds. The summed E-state index contributed by atoms with van der Waals surface area (Å²) in [6, 6.07) is 5.26. The second kappa shape index (κ2) is 5.42. The topological polar surface area (TPSA) is 90.9 Å². The van der Waals surface area contributed by atoms with Crippen LogP contribution in [0.15, 0.2) is 27.8 Å². The molecule has 0 radical (unpaired) electrons. The van der Waals surface area contributed by atoms with Crippen LogP contribution in [-0.4, -0.2) is 26.5 Å². The first-order chi connectivity index (χ1) is 9.13. The summed E-state index contributed by atoms with van der Waals surface area (Å²) in [5.41, 5.74) is 0.874. The van der Waals surface area contributed by atoms with Crippen molar-refractivity contribution in [3.8, 4) is 17.5 Å². The predicted molar refractivity (Wildman–Crippen MR) is 70.3 cm³/mol. The molecule has 0 unspecified atom stereocenters. The molecule has 1 heterocycles. The zero-order valence-electron chi connectivity index (χ0n) is 10.4. The van der Waals surface area contributed by atoms with Gasteiger partial charge >= 0.3 is 11.4 Å². The quantitative estimate of drug-likeness (QED) is 0.657. The summed E-state index contributed by atoms with van der Waals surface area (Å²) in [7, 11) is 0. The number of aromatic amines is 2. The van der Waals surface area contributed by atoms with Crippen LogP contribution >= 0.6 is 0 Å². The molecule has 6 heteroatoms. The summed E-state index contributed by atoms with van der Waals surface area (Å²) in [5.74, 6) is 5.64. The lowest BCUT2D eigenvalue weighted by Gasteiger charge is -2.04. The Hall–Kier alpha value is -2.52. The smallest absolute Gasteiger partial charge is 0.349 e. The van der Waals surface area contributed by atoms with Crippen molar-refractivity contribution in [1.29, 1.82) is 0 Å². The van der Waals surface area contributed by atoms with Gasteiger partial charge in [-0.1, -0.05) is 17.9 Å². The van der Waals surface area contributed by atoms with Crippen molar-refractivity contribution in [2.45, 2.75) is 13.3 Å². The fourth-order valence-corrected chi connectivity index (χ4v) is 1.69. The fourth-order valence-electron chi connectivity index (χ4n) is 1.69. The Morgan fingerprint density at radius 2 is 1.95 bits per heavy atom. The number of nitrogens with zero attached hydrogens (tertiary/aromatic N) is 1. The van der Waals surface area contributed by atoms with Gasteiger partial charge < -0.3 is 5.11 Å². The molecule has 0 bridgehead atoms. The third-order valence-electron chi connectivity index (χ3n) is 2.54. The molecule has 3 N–H and O–H groups in total. The maximum Gasteiger partial charge on any atom is 0.349 e. The first-order valence-corrected chi connectivity index (χ1v) is 5.74. The van der Waals surface area contributed by atoms with Gasteiger partial charge in [-0.3, -0.25) is 0 Å². The van der Waals surface area contributed by atoms with Gasteiger partial charge in [-0.25, -0.2) is 24.4 Å². The van der Waals surface area contributed by atoms with Gasteiger partial charge in [0.05, 0.1) is 12.3 Å². The Morgan fingerprint density at radius 1 is 1.26 bits per heavy atom. The Kier molecular flexibility index (Phi) is 3.68. The van der Waals surface area contributed by atoms with E-state index in [0.717, 1.165) is 10.1 Å². The summed E-state index contributed by atoms with van der Waals surface area (Å²) in [6.45, 7) is 1.87. The van der Waals surface area contributed by atoms with Crippen LogP contribution in [0.5, 0.6) is 0 Å².